The number of halogens is 1. The Balaban J connectivity index is 0.00000121. The molecule has 5 N–H and O–H groups in total. The van der Waals surface area contributed by atoms with Crippen molar-refractivity contribution in [2.45, 2.75) is 13.8 Å². The van der Waals surface area contributed by atoms with Crippen LogP contribution in [0, 0.1) is 13.8 Å². The fraction of sp³-hybridized carbons (Fsp3) is 0.125. The number of aryl methyl sites for hydroxylation is 2. The number of fused-ring (bicyclic) bond motifs is 1. The highest BCUT2D eigenvalue weighted by Crippen LogP contribution is 2.28. The fourth-order valence-electron chi connectivity index (χ4n) is 2.11. The summed E-state index contributed by atoms with van der Waals surface area (Å²) in [5.41, 5.74) is 4.21. The molecule has 0 aliphatic heterocycles. The molecule has 0 amide bonds. The summed E-state index contributed by atoms with van der Waals surface area (Å²) in [6, 6.07) is 11.8. The van der Waals surface area contributed by atoms with Gasteiger partial charge in [-0.2, -0.15) is 0 Å². The monoisotopic (exact) mass is 319 g/mol. The lowest BCUT2D eigenvalue weighted by molar-refractivity contribution is 0.823. The first-order chi connectivity index (χ1) is 9.65. The van der Waals surface area contributed by atoms with Crippen LogP contribution in [0.1, 0.15) is 11.1 Å². The first kappa shape index (κ1) is 17.8. The third-order valence-corrected chi connectivity index (χ3v) is 3.71. The molecule has 0 radical (unpaired) electrons. The first-order valence-electron chi connectivity index (χ1n) is 6.38. The smallest absolute Gasteiger partial charge is 0.141 e. The molecule has 0 spiro atoms. The van der Waals surface area contributed by atoms with E-state index in [2.05, 4.69) is 41.3 Å². The van der Waals surface area contributed by atoms with Crippen LogP contribution in [0.5, 0.6) is 0 Å². The van der Waals surface area contributed by atoms with Gasteiger partial charge in [-0.1, -0.05) is 23.7 Å². The molecule has 0 unspecified atom stereocenters. The molecule has 116 valence electrons. The van der Waals surface area contributed by atoms with Crippen LogP contribution in [0.4, 0.5) is 11.5 Å². The van der Waals surface area contributed by atoms with Gasteiger partial charge in [-0.05, 0) is 49.2 Å². The van der Waals surface area contributed by atoms with Crippen molar-refractivity contribution < 1.29 is 11.0 Å². The van der Waals surface area contributed by atoms with Crippen molar-refractivity contribution in [3.05, 3.63) is 58.9 Å². The average molecular weight is 320 g/mol. The lowest BCUT2D eigenvalue weighted by Gasteiger charge is -2.11. The fourth-order valence-corrected chi connectivity index (χ4v) is 2.29. The number of benzene rings is 2. The van der Waals surface area contributed by atoms with Crippen LogP contribution >= 0.6 is 11.6 Å². The highest BCUT2D eigenvalue weighted by atomic mass is 35.5. The topological polar surface area (TPSA) is 101 Å². The summed E-state index contributed by atoms with van der Waals surface area (Å²) in [6.45, 7) is 4.17. The molecule has 3 rings (SSSR count). The zero-order valence-corrected chi connectivity index (χ0v) is 13.1. The molecule has 6 heteroatoms. The Hall–Kier alpha value is -2.21. The number of nitrogens with zero attached hydrogens (tertiary/aromatic N) is 2. The van der Waals surface area contributed by atoms with Gasteiger partial charge in [0.15, 0.2) is 0 Å². The zero-order chi connectivity index (χ0) is 14.1. The van der Waals surface area contributed by atoms with Crippen LogP contribution in [-0.2, 0) is 0 Å². The minimum Gasteiger partial charge on any atom is -0.412 e. The Labute approximate surface area is 133 Å². The van der Waals surface area contributed by atoms with Crippen molar-refractivity contribution in [1.82, 2.24) is 9.97 Å². The third kappa shape index (κ3) is 3.33. The maximum Gasteiger partial charge on any atom is 0.141 e. The normalized spacial score (nSPS) is 9.77. The molecule has 1 aromatic heterocycles. The standard InChI is InChI=1S/C16H14ClN3.2H2O/c1-10-7-12-15(8-11(10)2)18-9-19-16(12)20-14-6-4-3-5-13(14)17;;/h3-9H,1-2H3,(H,18,19,20);2*1H2. The summed E-state index contributed by atoms with van der Waals surface area (Å²) < 4.78 is 0. The molecule has 3 aromatic rings. The summed E-state index contributed by atoms with van der Waals surface area (Å²) in [6.07, 6.45) is 1.57. The molecule has 5 nitrogen and oxygen atoms in total. The van der Waals surface area contributed by atoms with E-state index in [0.717, 1.165) is 22.4 Å². The largest absolute Gasteiger partial charge is 0.412 e. The number of hydrogen-bond donors (Lipinski definition) is 1. The predicted octanol–water partition coefficient (Wildman–Crippen LogP) is 2.99. The molecule has 22 heavy (non-hydrogen) atoms. The van der Waals surface area contributed by atoms with Crippen molar-refractivity contribution in [3.63, 3.8) is 0 Å². The maximum absolute atomic E-state index is 6.18. The molecule has 0 fully saturated rings. The Bertz CT molecular complexity index is 793. The van der Waals surface area contributed by atoms with Crippen molar-refractivity contribution in [2.75, 3.05) is 5.32 Å². The van der Waals surface area contributed by atoms with E-state index in [-0.39, 0.29) is 11.0 Å². The van der Waals surface area contributed by atoms with E-state index in [1.807, 2.05) is 24.3 Å². The molecule has 0 aliphatic carbocycles. The van der Waals surface area contributed by atoms with Gasteiger partial charge in [0.2, 0.25) is 0 Å². The summed E-state index contributed by atoms with van der Waals surface area (Å²) in [7, 11) is 0. The van der Waals surface area contributed by atoms with Gasteiger partial charge in [0, 0.05) is 5.39 Å². The molecule has 0 atom stereocenters. The van der Waals surface area contributed by atoms with E-state index >= 15 is 0 Å². The summed E-state index contributed by atoms with van der Waals surface area (Å²) in [4.78, 5) is 8.66. The van der Waals surface area contributed by atoms with E-state index in [1.165, 1.54) is 11.1 Å². The number of para-hydroxylation sites is 1. The summed E-state index contributed by atoms with van der Waals surface area (Å²) in [5, 5.41) is 4.94. The highest BCUT2D eigenvalue weighted by Gasteiger charge is 2.07. The third-order valence-electron chi connectivity index (χ3n) is 3.38. The second-order valence-electron chi connectivity index (χ2n) is 4.78. The van der Waals surface area contributed by atoms with Crippen LogP contribution in [0.2, 0.25) is 5.02 Å². The predicted molar refractivity (Wildman–Crippen MR) is 91.0 cm³/mol. The summed E-state index contributed by atoms with van der Waals surface area (Å²) in [5.74, 6) is 0.770. The van der Waals surface area contributed by atoms with E-state index in [4.69, 9.17) is 11.6 Å². The molecule has 2 aromatic carbocycles. The SMILES string of the molecule is Cc1cc2ncnc(Nc3ccccc3Cl)c2cc1C.O.O. The van der Waals surface area contributed by atoms with Crippen LogP contribution in [0.15, 0.2) is 42.7 Å². The van der Waals surface area contributed by atoms with Crippen LogP contribution in [-0.4, -0.2) is 20.9 Å². The molecular formula is C16H18ClN3O2. The van der Waals surface area contributed by atoms with E-state index in [0.29, 0.717) is 5.02 Å². The van der Waals surface area contributed by atoms with Gasteiger partial charge in [-0.15, -0.1) is 0 Å². The highest BCUT2D eigenvalue weighted by molar-refractivity contribution is 6.33. The van der Waals surface area contributed by atoms with Gasteiger partial charge in [-0.3, -0.25) is 0 Å². The number of rotatable bonds is 2. The van der Waals surface area contributed by atoms with Crippen LogP contribution in [0.3, 0.4) is 0 Å². The van der Waals surface area contributed by atoms with Gasteiger partial charge in [0.05, 0.1) is 16.2 Å². The van der Waals surface area contributed by atoms with Crippen molar-refractivity contribution in [2.24, 2.45) is 0 Å². The van der Waals surface area contributed by atoms with E-state index in [9.17, 15) is 0 Å². The minimum absolute atomic E-state index is 0. The number of nitrogens with one attached hydrogen (secondary N) is 1. The Morgan fingerprint density at radius 3 is 2.36 bits per heavy atom. The lowest BCUT2D eigenvalue weighted by atomic mass is 10.1. The Morgan fingerprint density at radius 2 is 1.64 bits per heavy atom. The Morgan fingerprint density at radius 1 is 0.955 bits per heavy atom. The average Bonchev–Trinajstić information content (AvgIpc) is 2.43. The molecule has 0 saturated heterocycles. The van der Waals surface area contributed by atoms with Crippen LogP contribution in [0.25, 0.3) is 10.9 Å². The van der Waals surface area contributed by atoms with Gasteiger partial charge in [-0.25, -0.2) is 9.97 Å². The molecule has 0 aliphatic rings. The van der Waals surface area contributed by atoms with Crippen molar-refractivity contribution in [3.8, 4) is 0 Å². The Kier molecular flexibility index (Phi) is 5.82. The molecule has 0 saturated carbocycles. The number of anilines is 2. The quantitative estimate of drug-likeness (QED) is 0.785. The molecule has 1 heterocycles. The van der Waals surface area contributed by atoms with E-state index in [1.54, 1.807) is 6.33 Å². The van der Waals surface area contributed by atoms with Gasteiger partial charge in [0.25, 0.3) is 0 Å². The number of aromatic nitrogens is 2. The van der Waals surface area contributed by atoms with Crippen molar-refractivity contribution >= 4 is 34.0 Å². The van der Waals surface area contributed by atoms with Crippen LogP contribution < -0.4 is 5.32 Å². The molecular weight excluding hydrogens is 302 g/mol. The first-order valence-corrected chi connectivity index (χ1v) is 6.76. The maximum atomic E-state index is 6.18. The second kappa shape index (κ2) is 7.17. The van der Waals surface area contributed by atoms with Crippen molar-refractivity contribution in [1.29, 1.82) is 0 Å². The van der Waals surface area contributed by atoms with Gasteiger partial charge < -0.3 is 16.3 Å². The van der Waals surface area contributed by atoms with E-state index < -0.39 is 0 Å². The summed E-state index contributed by atoms with van der Waals surface area (Å²) >= 11 is 6.18. The lowest BCUT2D eigenvalue weighted by Crippen LogP contribution is -1.97. The molecule has 0 bridgehead atoms. The van der Waals surface area contributed by atoms with Gasteiger partial charge in [0.1, 0.15) is 12.1 Å². The number of hydrogen-bond acceptors (Lipinski definition) is 3. The second-order valence-corrected chi connectivity index (χ2v) is 5.19. The minimum atomic E-state index is 0. The van der Waals surface area contributed by atoms with Gasteiger partial charge >= 0.3 is 0 Å². The zero-order valence-electron chi connectivity index (χ0n) is 12.3.